The van der Waals surface area contributed by atoms with Crippen molar-refractivity contribution in [2.24, 2.45) is 0 Å². The van der Waals surface area contributed by atoms with Gasteiger partial charge in [-0.1, -0.05) is 17.3 Å². The summed E-state index contributed by atoms with van der Waals surface area (Å²) < 4.78 is 42.8. The molecule has 3 heterocycles. The standard InChI is InChI=1S/C18H21N3O13P2/c1-9-3-2-4-10-11(19-33-16(9)10)7-21-13(22)5-6-20(18(21)25)17-15(24)14(23)12(32-17)8-31-36(29,30)34-35(26,27)28/h2-6,12,14-15,17,23-24H,7-8H2,1H3,(H,29,30)(H2,26,27,28)/t12-,14?,15+,17-/m1/s1. The number of hydrogen-bond donors (Lipinski definition) is 5. The lowest BCUT2D eigenvalue weighted by atomic mass is 10.1. The third kappa shape index (κ3) is 5.43. The summed E-state index contributed by atoms with van der Waals surface area (Å²) in [5, 5.41) is 25.2. The van der Waals surface area contributed by atoms with Crippen LogP contribution >= 0.6 is 15.6 Å². The minimum Gasteiger partial charge on any atom is -0.387 e. The van der Waals surface area contributed by atoms with Crippen LogP contribution in [0.25, 0.3) is 11.0 Å². The van der Waals surface area contributed by atoms with E-state index in [-0.39, 0.29) is 6.54 Å². The molecule has 18 heteroatoms. The van der Waals surface area contributed by atoms with Gasteiger partial charge < -0.3 is 34.2 Å². The Morgan fingerprint density at radius 2 is 1.83 bits per heavy atom. The number of rotatable bonds is 8. The number of aromatic nitrogens is 3. The molecule has 1 aliphatic heterocycles. The van der Waals surface area contributed by atoms with E-state index >= 15 is 0 Å². The highest BCUT2D eigenvalue weighted by atomic mass is 31.3. The number of aliphatic hydroxyl groups excluding tert-OH is 2. The van der Waals surface area contributed by atoms with Gasteiger partial charge in [0.25, 0.3) is 5.56 Å². The summed E-state index contributed by atoms with van der Waals surface area (Å²) in [5.41, 5.74) is -0.0344. The first kappa shape index (κ1) is 26.6. The number of phosphoric acid groups is 2. The monoisotopic (exact) mass is 549 g/mol. The van der Waals surface area contributed by atoms with Crippen LogP contribution in [0.3, 0.4) is 0 Å². The number of benzene rings is 1. The molecule has 16 nitrogen and oxygen atoms in total. The number of ether oxygens (including phenoxy) is 1. The molecule has 2 aromatic heterocycles. The van der Waals surface area contributed by atoms with Crippen molar-refractivity contribution in [3.8, 4) is 0 Å². The molecule has 0 saturated carbocycles. The van der Waals surface area contributed by atoms with Crippen LogP contribution in [0, 0.1) is 6.92 Å². The van der Waals surface area contributed by atoms with E-state index in [4.69, 9.17) is 19.0 Å². The second kappa shape index (κ2) is 9.76. The molecule has 2 unspecified atom stereocenters. The van der Waals surface area contributed by atoms with Crippen molar-refractivity contribution in [2.45, 2.75) is 38.0 Å². The predicted molar refractivity (Wildman–Crippen MR) is 118 cm³/mol. The molecule has 0 radical (unpaired) electrons. The van der Waals surface area contributed by atoms with Gasteiger partial charge in [0, 0.05) is 17.6 Å². The fourth-order valence-electron chi connectivity index (χ4n) is 3.71. The zero-order valence-electron chi connectivity index (χ0n) is 18.3. The summed E-state index contributed by atoms with van der Waals surface area (Å²) in [4.78, 5) is 52.3. The number of nitrogens with zero attached hydrogens (tertiary/aromatic N) is 3. The molecule has 0 spiro atoms. The van der Waals surface area contributed by atoms with Gasteiger partial charge in [-0.3, -0.25) is 18.5 Å². The maximum atomic E-state index is 13.1. The van der Waals surface area contributed by atoms with Crippen LogP contribution in [-0.4, -0.2) is 64.1 Å². The lowest BCUT2D eigenvalue weighted by Crippen LogP contribution is -2.43. The molecule has 0 aliphatic carbocycles. The van der Waals surface area contributed by atoms with Crippen LogP contribution in [0.2, 0.25) is 0 Å². The first-order valence-corrected chi connectivity index (χ1v) is 13.2. The largest absolute Gasteiger partial charge is 0.481 e. The molecule has 0 amide bonds. The Labute approximate surface area is 200 Å². The van der Waals surface area contributed by atoms with Gasteiger partial charge in [0.2, 0.25) is 0 Å². The molecule has 1 saturated heterocycles. The Morgan fingerprint density at radius 3 is 2.53 bits per heavy atom. The Balaban J connectivity index is 1.57. The van der Waals surface area contributed by atoms with Gasteiger partial charge in [-0.15, -0.1) is 0 Å². The van der Waals surface area contributed by atoms with Gasteiger partial charge in [0.1, 0.15) is 24.0 Å². The number of aliphatic hydroxyl groups is 2. The molecule has 3 aromatic rings. The Kier molecular flexibility index (Phi) is 7.20. The third-order valence-corrected chi connectivity index (χ3v) is 7.55. The summed E-state index contributed by atoms with van der Waals surface area (Å²) in [6, 6.07) is 6.29. The maximum Gasteiger partial charge on any atom is 0.481 e. The van der Waals surface area contributed by atoms with E-state index in [0.29, 0.717) is 16.7 Å². The lowest BCUT2D eigenvalue weighted by Gasteiger charge is -2.19. The second-order valence-electron chi connectivity index (χ2n) is 7.89. The molecular weight excluding hydrogens is 528 g/mol. The molecule has 5 atom stereocenters. The highest BCUT2D eigenvalue weighted by Crippen LogP contribution is 2.57. The number of para-hydroxylation sites is 1. The molecule has 36 heavy (non-hydrogen) atoms. The number of phosphoric ester groups is 1. The van der Waals surface area contributed by atoms with Crippen LogP contribution in [0.4, 0.5) is 0 Å². The van der Waals surface area contributed by atoms with Gasteiger partial charge in [-0.2, -0.15) is 4.31 Å². The van der Waals surface area contributed by atoms with Gasteiger partial charge in [-0.25, -0.2) is 13.9 Å². The van der Waals surface area contributed by atoms with Crippen molar-refractivity contribution in [1.82, 2.24) is 14.3 Å². The first-order valence-electron chi connectivity index (χ1n) is 10.2. The number of aryl methyl sites for hydroxylation is 1. The van der Waals surface area contributed by atoms with Gasteiger partial charge in [-0.05, 0) is 18.6 Å². The van der Waals surface area contributed by atoms with E-state index in [1.165, 1.54) is 0 Å². The zero-order chi connectivity index (χ0) is 26.4. The Morgan fingerprint density at radius 1 is 1.11 bits per heavy atom. The maximum absolute atomic E-state index is 13.1. The van der Waals surface area contributed by atoms with Gasteiger partial charge in [0.05, 0.1) is 13.2 Å². The summed E-state index contributed by atoms with van der Waals surface area (Å²) in [6.07, 6.45) is -5.53. The van der Waals surface area contributed by atoms with Crippen molar-refractivity contribution in [2.75, 3.05) is 6.61 Å². The molecule has 1 fully saturated rings. The van der Waals surface area contributed by atoms with Crippen LogP contribution in [0.1, 0.15) is 17.5 Å². The van der Waals surface area contributed by atoms with E-state index in [1.54, 1.807) is 25.1 Å². The third-order valence-electron chi connectivity index (χ3n) is 5.40. The second-order valence-corrected chi connectivity index (χ2v) is 10.7. The van der Waals surface area contributed by atoms with E-state index in [9.17, 15) is 33.8 Å². The van der Waals surface area contributed by atoms with Crippen LogP contribution in [0.5, 0.6) is 0 Å². The average molecular weight is 549 g/mol. The van der Waals surface area contributed by atoms with Crippen molar-refractivity contribution >= 4 is 26.6 Å². The van der Waals surface area contributed by atoms with Gasteiger partial charge >= 0.3 is 21.3 Å². The highest BCUT2D eigenvalue weighted by Gasteiger charge is 2.46. The predicted octanol–water partition coefficient (Wildman–Crippen LogP) is -0.647. The lowest BCUT2D eigenvalue weighted by molar-refractivity contribution is -0.0547. The van der Waals surface area contributed by atoms with Crippen LogP contribution in [0.15, 0.2) is 44.6 Å². The topological polar surface area (TPSA) is 233 Å². The van der Waals surface area contributed by atoms with Crippen molar-refractivity contribution in [3.05, 3.63) is 62.6 Å². The Bertz CT molecular complexity index is 1490. The van der Waals surface area contributed by atoms with Crippen molar-refractivity contribution in [1.29, 1.82) is 0 Å². The Hall–Kier alpha value is -2.49. The fraction of sp³-hybridized carbons (Fsp3) is 0.389. The summed E-state index contributed by atoms with van der Waals surface area (Å²) in [5.74, 6) is 0. The normalized spacial score (nSPS) is 24.3. The van der Waals surface area contributed by atoms with Crippen molar-refractivity contribution < 1.29 is 52.1 Å². The number of fused-ring (bicyclic) bond motifs is 1. The van der Waals surface area contributed by atoms with E-state index < -0.39 is 58.0 Å². The average Bonchev–Trinajstić information content (AvgIpc) is 3.31. The smallest absolute Gasteiger partial charge is 0.387 e. The quantitative estimate of drug-likeness (QED) is 0.220. The molecular formula is C18H21N3O13P2. The SMILES string of the molecule is Cc1cccc2c(Cn3c(=O)ccn([C@@H]4O[C@H](COP(=O)(O)OP(=O)(O)O)C(O)[C@@H]4O)c3=O)noc12. The van der Waals surface area contributed by atoms with E-state index in [2.05, 4.69) is 14.0 Å². The fourth-order valence-corrected chi connectivity index (χ4v) is 5.31. The molecule has 0 bridgehead atoms. The summed E-state index contributed by atoms with van der Waals surface area (Å²) in [6.45, 7) is 0.582. The van der Waals surface area contributed by atoms with Gasteiger partial charge in [0.15, 0.2) is 11.8 Å². The number of hydrogen-bond acceptors (Lipinski definition) is 11. The molecule has 4 rings (SSSR count). The zero-order valence-corrected chi connectivity index (χ0v) is 20.1. The molecule has 1 aliphatic rings. The molecule has 1 aromatic carbocycles. The highest BCUT2D eigenvalue weighted by molar-refractivity contribution is 7.60. The minimum atomic E-state index is -5.38. The van der Waals surface area contributed by atoms with Crippen molar-refractivity contribution in [3.63, 3.8) is 0 Å². The summed E-state index contributed by atoms with van der Waals surface area (Å²) >= 11 is 0. The van der Waals surface area contributed by atoms with Crippen LogP contribution < -0.4 is 11.2 Å². The van der Waals surface area contributed by atoms with E-state index in [1.807, 2.05) is 0 Å². The summed E-state index contributed by atoms with van der Waals surface area (Å²) in [7, 11) is -10.6. The first-order chi connectivity index (χ1) is 16.8. The molecule has 196 valence electrons. The minimum absolute atomic E-state index is 0.278. The van der Waals surface area contributed by atoms with Crippen LogP contribution in [-0.2, 0) is 29.2 Å². The molecule has 5 N–H and O–H groups in total. The van der Waals surface area contributed by atoms with E-state index in [0.717, 1.165) is 27.0 Å².